The van der Waals surface area contributed by atoms with Gasteiger partial charge in [0, 0.05) is 6.54 Å². The topological polar surface area (TPSA) is 104 Å². The number of nitrogens with one attached hydrogen (secondary N) is 3. The number of carbonyl (C=O) groups excluding carboxylic acids is 3. The van der Waals surface area contributed by atoms with Crippen LogP contribution in [0.5, 0.6) is 0 Å². The van der Waals surface area contributed by atoms with E-state index >= 15 is 0 Å². The molecule has 1 atom stereocenters. The normalized spacial score (nSPS) is 17.7. The van der Waals surface area contributed by atoms with Gasteiger partial charge in [-0.2, -0.15) is 0 Å². The number of nitrogens with zero attached hydrogens (tertiary/aromatic N) is 1. The molecule has 0 aromatic carbocycles. The number of hydrogen-bond acceptors (Lipinski definition) is 5. The van der Waals surface area contributed by atoms with E-state index in [4.69, 9.17) is 4.42 Å². The van der Waals surface area contributed by atoms with E-state index in [0.29, 0.717) is 31.8 Å². The number of rotatable bonds is 6. The molecule has 2 rings (SSSR count). The number of carbonyl (C=O) groups is 3. The second kappa shape index (κ2) is 8.33. The Morgan fingerprint density at radius 1 is 1.35 bits per heavy atom. The van der Waals surface area contributed by atoms with Crippen molar-refractivity contribution < 1.29 is 18.8 Å². The van der Waals surface area contributed by atoms with Gasteiger partial charge in [-0.05, 0) is 38.4 Å². The van der Waals surface area contributed by atoms with Crippen LogP contribution in [-0.4, -0.2) is 48.4 Å². The molecule has 0 aliphatic carbocycles. The van der Waals surface area contributed by atoms with Crippen LogP contribution in [0.25, 0.3) is 0 Å². The maximum atomic E-state index is 12.3. The molecule has 0 bridgehead atoms. The molecule has 23 heavy (non-hydrogen) atoms. The van der Waals surface area contributed by atoms with Gasteiger partial charge in [-0.15, -0.1) is 0 Å². The molecule has 3 N–H and O–H groups in total. The zero-order valence-electron chi connectivity index (χ0n) is 13.1. The minimum atomic E-state index is -0.518. The van der Waals surface area contributed by atoms with Crippen LogP contribution in [-0.2, 0) is 16.1 Å². The number of furan rings is 1. The highest BCUT2D eigenvalue weighted by molar-refractivity contribution is 5.95. The molecule has 126 valence electrons. The Morgan fingerprint density at radius 2 is 2.17 bits per heavy atom. The Hall–Kier alpha value is -2.35. The molecule has 1 fully saturated rings. The van der Waals surface area contributed by atoms with Crippen molar-refractivity contribution in [2.45, 2.75) is 32.4 Å². The third-order valence-electron chi connectivity index (χ3n) is 3.62. The van der Waals surface area contributed by atoms with E-state index < -0.39 is 11.9 Å². The van der Waals surface area contributed by atoms with Crippen LogP contribution >= 0.6 is 0 Å². The Balaban J connectivity index is 1.80. The van der Waals surface area contributed by atoms with Gasteiger partial charge in [0.25, 0.3) is 0 Å². The monoisotopic (exact) mass is 322 g/mol. The van der Waals surface area contributed by atoms with Gasteiger partial charge in [-0.3, -0.25) is 19.8 Å². The van der Waals surface area contributed by atoms with Crippen LogP contribution in [0.2, 0.25) is 0 Å². The van der Waals surface area contributed by atoms with Crippen LogP contribution < -0.4 is 16.0 Å². The summed E-state index contributed by atoms with van der Waals surface area (Å²) in [5.74, 6) is 0.128. The smallest absolute Gasteiger partial charge is 0.321 e. The highest BCUT2D eigenvalue weighted by atomic mass is 16.3. The quantitative estimate of drug-likeness (QED) is 0.694. The summed E-state index contributed by atoms with van der Waals surface area (Å²) in [6.45, 7) is 3.21. The van der Waals surface area contributed by atoms with Crippen LogP contribution in [0, 0.1) is 0 Å². The fraction of sp³-hybridized carbons (Fsp3) is 0.533. The maximum absolute atomic E-state index is 12.3. The second-order valence-electron chi connectivity index (χ2n) is 5.33. The minimum absolute atomic E-state index is 0.0238. The Morgan fingerprint density at radius 3 is 2.87 bits per heavy atom. The third-order valence-corrected chi connectivity index (χ3v) is 3.62. The molecular weight excluding hydrogens is 300 g/mol. The molecule has 1 aliphatic rings. The zero-order valence-corrected chi connectivity index (χ0v) is 13.1. The van der Waals surface area contributed by atoms with Gasteiger partial charge in [0.1, 0.15) is 5.76 Å². The lowest BCUT2D eigenvalue weighted by molar-refractivity contribution is -0.127. The molecule has 0 spiro atoms. The molecule has 0 radical (unpaired) electrons. The van der Waals surface area contributed by atoms with Crippen LogP contribution in [0.4, 0.5) is 4.79 Å². The van der Waals surface area contributed by atoms with Crippen molar-refractivity contribution >= 4 is 17.8 Å². The van der Waals surface area contributed by atoms with Crippen molar-refractivity contribution in [2.24, 2.45) is 0 Å². The third kappa shape index (κ3) is 5.10. The number of amides is 4. The van der Waals surface area contributed by atoms with E-state index in [9.17, 15) is 14.4 Å². The van der Waals surface area contributed by atoms with E-state index in [0.717, 1.165) is 6.42 Å². The molecule has 1 saturated heterocycles. The molecule has 1 aromatic heterocycles. The first-order valence-corrected chi connectivity index (χ1v) is 7.72. The molecule has 1 aromatic rings. The summed E-state index contributed by atoms with van der Waals surface area (Å²) in [7, 11) is 0. The van der Waals surface area contributed by atoms with Gasteiger partial charge in [0.2, 0.25) is 11.8 Å². The second-order valence-corrected chi connectivity index (χ2v) is 5.33. The van der Waals surface area contributed by atoms with E-state index in [1.54, 1.807) is 30.2 Å². The molecule has 8 heteroatoms. The van der Waals surface area contributed by atoms with E-state index in [1.807, 2.05) is 0 Å². The SMILES string of the molecule is CCNC(=O)NC(=O)CN1CCCC1C(=O)NCc1ccco1. The summed E-state index contributed by atoms with van der Waals surface area (Å²) < 4.78 is 5.17. The van der Waals surface area contributed by atoms with Crippen LogP contribution in [0.15, 0.2) is 22.8 Å². The first-order valence-electron chi connectivity index (χ1n) is 7.72. The standard InChI is InChI=1S/C15H22N4O4/c1-2-16-15(22)18-13(20)10-19-7-3-6-12(19)14(21)17-9-11-5-4-8-23-11/h4-5,8,12H,2-3,6-7,9-10H2,1H3,(H,17,21)(H2,16,18,20,22). The Kier molecular flexibility index (Phi) is 6.16. The van der Waals surface area contributed by atoms with Gasteiger partial charge in [0.15, 0.2) is 0 Å². The van der Waals surface area contributed by atoms with Crippen molar-refractivity contribution in [2.75, 3.05) is 19.6 Å². The van der Waals surface area contributed by atoms with E-state index in [1.165, 1.54) is 0 Å². The fourth-order valence-electron chi connectivity index (χ4n) is 2.57. The lowest BCUT2D eigenvalue weighted by Gasteiger charge is -2.22. The van der Waals surface area contributed by atoms with Gasteiger partial charge in [0.05, 0.1) is 25.4 Å². The lowest BCUT2D eigenvalue weighted by atomic mass is 10.2. The number of urea groups is 1. The van der Waals surface area contributed by atoms with Crippen molar-refractivity contribution in [3.05, 3.63) is 24.2 Å². The fourth-order valence-corrected chi connectivity index (χ4v) is 2.57. The first-order chi connectivity index (χ1) is 11.1. The number of imide groups is 1. The van der Waals surface area contributed by atoms with Gasteiger partial charge in [-0.1, -0.05) is 0 Å². The highest BCUT2D eigenvalue weighted by Gasteiger charge is 2.32. The summed E-state index contributed by atoms with van der Waals surface area (Å²) in [5, 5.41) is 7.54. The van der Waals surface area contributed by atoms with Crippen LogP contribution in [0.3, 0.4) is 0 Å². The van der Waals surface area contributed by atoms with E-state index in [2.05, 4.69) is 16.0 Å². The van der Waals surface area contributed by atoms with Gasteiger partial charge >= 0.3 is 6.03 Å². The minimum Gasteiger partial charge on any atom is -0.467 e. The van der Waals surface area contributed by atoms with E-state index in [-0.39, 0.29) is 18.5 Å². The summed E-state index contributed by atoms with van der Waals surface area (Å²) in [5.41, 5.74) is 0. The Labute approximate surface area is 134 Å². The highest BCUT2D eigenvalue weighted by Crippen LogP contribution is 2.17. The molecule has 0 saturated carbocycles. The molecule has 8 nitrogen and oxygen atoms in total. The zero-order chi connectivity index (χ0) is 16.7. The molecule has 1 unspecified atom stereocenters. The maximum Gasteiger partial charge on any atom is 0.321 e. The molecule has 2 heterocycles. The first kappa shape index (κ1) is 17.0. The molecule has 4 amide bonds. The lowest BCUT2D eigenvalue weighted by Crippen LogP contribution is -2.49. The molecular formula is C15H22N4O4. The summed E-state index contributed by atoms with van der Waals surface area (Å²) in [6, 6.07) is 2.67. The number of hydrogen-bond donors (Lipinski definition) is 3. The van der Waals surface area contributed by atoms with Crippen molar-refractivity contribution in [3.8, 4) is 0 Å². The summed E-state index contributed by atoms with van der Waals surface area (Å²) in [4.78, 5) is 37.2. The van der Waals surface area contributed by atoms with Crippen molar-refractivity contribution in [1.29, 1.82) is 0 Å². The summed E-state index contributed by atoms with van der Waals surface area (Å²) in [6.07, 6.45) is 3.08. The molecule has 1 aliphatic heterocycles. The average molecular weight is 322 g/mol. The van der Waals surface area contributed by atoms with Crippen molar-refractivity contribution in [1.82, 2.24) is 20.9 Å². The Bertz CT molecular complexity index is 544. The predicted molar refractivity (Wildman–Crippen MR) is 82.4 cm³/mol. The van der Waals surface area contributed by atoms with Gasteiger partial charge in [-0.25, -0.2) is 4.79 Å². The van der Waals surface area contributed by atoms with Crippen molar-refractivity contribution in [3.63, 3.8) is 0 Å². The van der Waals surface area contributed by atoms with Gasteiger partial charge < -0.3 is 15.1 Å². The number of likely N-dealkylation sites (tertiary alicyclic amines) is 1. The predicted octanol–water partition coefficient (Wildman–Crippen LogP) is 0.206. The van der Waals surface area contributed by atoms with Crippen LogP contribution in [0.1, 0.15) is 25.5 Å². The average Bonchev–Trinajstić information content (AvgIpc) is 3.16. The summed E-state index contributed by atoms with van der Waals surface area (Å²) >= 11 is 0. The largest absolute Gasteiger partial charge is 0.467 e.